The van der Waals surface area contributed by atoms with Crippen LogP contribution < -0.4 is 10.6 Å². The van der Waals surface area contributed by atoms with E-state index in [1.807, 2.05) is 30.3 Å². The first kappa shape index (κ1) is 14.1. The number of aromatic nitrogens is 1. The van der Waals surface area contributed by atoms with Crippen molar-refractivity contribution in [3.63, 3.8) is 0 Å². The van der Waals surface area contributed by atoms with E-state index in [0.29, 0.717) is 17.3 Å². The third kappa shape index (κ3) is 3.82. The van der Waals surface area contributed by atoms with Crippen molar-refractivity contribution in [2.24, 2.45) is 0 Å². The van der Waals surface area contributed by atoms with Gasteiger partial charge in [0.05, 0.1) is 11.9 Å². The standard InChI is InChI=1S/C16H19N3O/c1-3-12(2)18-15-10-9-14(11-17-15)19-16(20)13-7-5-4-6-8-13/h4-12H,3H2,1-2H3,(H,17,18)(H,19,20). The second-order valence-electron chi connectivity index (χ2n) is 4.71. The Morgan fingerprint density at radius 1 is 1.20 bits per heavy atom. The molecule has 2 N–H and O–H groups in total. The first-order chi connectivity index (χ1) is 9.69. The fraction of sp³-hybridized carbons (Fsp3) is 0.250. The van der Waals surface area contributed by atoms with Crippen molar-refractivity contribution in [1.29, 1.82) is 0 Å². The van der Waals surface area contributed by atoms with E-state index in [0.717, 1.165) is 12.2 Å². The van der Waals surface area contributed by atoms with Crippen LogP contribution in [0.4, 0.5) is 11.5 Å². The van der Waals surface area contributed by atoms with Crippen LogP contribution in [-0.4, -0.2) is 16.9 Å². The summed E-state index contributed by atoms with van der Waals surface area (Å²) < 4.78 is 0. The van der Waals surface area contributed by atoms with Gasteiger partial charge in [0, 0.05) is 11.6 Å². The van der Waals surface area contributed by atoms with E-state index in [1.54, 1.807) is 18.3 Å². The number of anilines is 2. The van der Waals surface area contributed by atoms with Crippen molar-refractivity contribution in [1.82, 2.24) is 4.98 Å². The van der Waals surface area contributed by atoms with Gasteiger partial charge in [-0.25, -0.2) is 4.98 Å². The predicted octanol–water partition coefficient (Wildman–Crippen LogP) is 3.54. The van der Waals surface area contributed by atoms with Crippen LogP contribution in [0.1, 0.15) is 30.6 Å². The number of hydrogen-bond donors (Lipinski definition) is 2. The minimum atomic E-state index is -0.130. The molecule has 2 aromatic rings. The van der Waals surface area contributed by atoms with E-state index < -0.39 is 0 Å². The quantitative estimate of drug-likeness (QED) is 0.872. The Labute approximate surface area is 119 Å². The molecule has 0 radical (unpaired) electrons. The lowest BCUT2D eigenvalue weighted by Crippen LogP contribution is -2.15. The van der Waals surface area contributed by atoms with Gasteiger partial charge in [0.2, 0.25) is 0 Å². The molecule has 1 unspecified atom stereocenters. The molecule has 0 saturated heterocycles. The minimum absolute atomic E-state index is 0.130. The Kier molecular flexibility index (Phi) is 4.71. The van der Waals surface area contributed by atoms with Crippen molar-refractivity contribution in [3.8, 4) is 0 Å². The predicted molar refractivity (Wildman–Crippen MR) is 82.0 cm³/mol. The number of rotatable bonds is 5. The maximum absolute atomic E-state index is 12.0. The van der Waals surface area contributed by atoms with Crippen LogP contribution in [-0.2, 0) is 0 Å². The van der Waals surface area contributed by atoms with Gasteiger partial charge in [-0.2, -0.15) is 0 Å². The van der Waals surface area contributed by atoms with Gasteiger partial charge in [-0.1, -0.05) is 25.1 Å². The fourth-order valence-electron chi connectivity index (χ4n) is 1.70. The second-order valence-corrected chi connectivity index (χ2v) is 4.71. The highest BCUT2D eigenvalue weighted by Gasteiger charge is 2.05. The summed E-state index contributed by atoms with van der Waals surface area (Å²) in [6.07, 6.45) is 2.69. The minimum Gasteiger partial charge on any atom is -0.368 e. The van der Waals surface area contributed by atoms with E-state index in [-0.39, 0.29) is 5.91 Å². The third-order valence-electron chi connectivity index (χ3n) is 3.06. The molecule has 4 heteroatoms. The van der Waals surface area contributed by atoms with E-state index >= 15 is 0 Å². The maximum Gasteiger partial charge on any atom is 0.255 e. The van der Waals surface area contributed by atoms with E-state index in [1.165, 1.54) is 0 Å². The Bertz CT molecular complexity index is 552. The fourth-order valence-corrected chi connectivity index (χ4v) is 1.70. The van der Waals surface area contributed by atoms with Gasteiger partial charge in [-0.15, -0.1) is 0 Å². The van der Waals surface area contributed by atoms with Crippen molar-refractivity contribution in [2.45, 2.75) is 26.3 Å². The van der Waals surface area contributed by atoms with Gasteiger partial charge < -0.3 is 10.6 Å². The van der Waals surface area contributed by atoms with Crippen LogP contribution in [0.25, 0.3) is 0 Å². The average Bonchev–Trinajstić information content (AvgIpc) is 2.50. The molecule has 0 bridgehead atoms. The molecule has 2 rings (SSSR count). The molecule has 0 aliphatic rings. The molecule has 0 saturated carbocycles. The number of amides is 1. The van der Waals surface area contributed by atoms with E-state index in [9.17, 15) is 4.79 Å². The number of nitrogens with one attached hydrogen (secondary N) is 2. The number of pyridine rings is 1. The summed E-state index contributed by atoms with van der Waals surface area (Å²) in [4.78, 5) is 16.3. The van der Waals surface area contributed by atoms with Gasteiger partial charge in [0.15, 0.2) is 0 Å². The average molecular weight is 269 g/mol. The SMILES string of the molecule is CCC(C)Nc1ccc(NC(=O)c2ccccc2)cn1. The summed E-state index contributed by atoms with van der Waals surface area (Å²) in [6, 6.07) is 13.2. The Morgan fingerprint density at radius 2 is 1.95 bits per heavy atom. The molecular weight excluding hydrogens is 250 g/mol. The first-order valence-corrected chi connectivity index (χ1v) is 6.78. The number of carbonyl (C=O) groups is 1. The van der Waals surface area contributed by atoms with Gasteiger partial charge in [0.1, 0.15) is 5.82 Å². The zero-order valence-electron chi connectivity index (χ0n) is 11.8. The van der Waals surface area contributed by atoms with Crippen LogP contribution >= 0.6 is 0 Å². The molecule has 104 valence electrons. The second kappa shape index (κ2) is 6.70. The largest absolute Gasteiger partial charge is 0.368 e. The summed E-state index contributed by atoms with van der Waals surface area (Å²) >= 11 is 0. The summed E-state index contributed by atoms with van der Waals surface area (Å²) in [6.45, 7) is 4.22. The van der Waals surface area contributed by atoms with Crippen LogP contribution in [0.5, 0.6) is 0 Å². The monoisotopic (exact) mass is 269 g/mol. The Morgan fingerprint density at radius 3 is 2.55 bits per heavy atom. The zero-order valence-corrected chi connectivity index (χ0v) is 11.8. The first-order valence-electron chi connectivity index (χ1n) is 6.78. The van der Waals surface area contributed by atoms with E-state index in [2.05, 4.69) is 29.5 Å². The van der Waals surface area contributed by atoms with Crippen molar-refractivity contribution >= 4 is 17.4 Å². The molecule has 1 amide bonds. The third-order valence-corrected chi connectivity index (χ3v) is 3.06. The lowest BCUT2D eigenvalue weighted by Gasteiger charge is -2.12. The van der Waals surface area contributed by atoms with Crippen LogP contribution in [0.15, 0.2) is 48.7 Å². The molecule has 0 aliphatic heterocycles. The van der Waals surface area contributed by atoms with Crippen LogP contribution in [0, 0.1) is 0 Å². The maximum atomic E-state index is 12.0. The van der Waals surface area contributed by atoms with Crippen LogP contribution in [0.3, 0.4) is 0 Å². The van der Waals surface area contributed by atoms with Gasteiger partial charge in [-0.05, 0) is 37.6 Å². The molecule has 0 spiro atoms. The number of hydrogen-bond acceptors (Lipinski definition) is 3. The molecule has 1 aromatic carbocycles. The van der Waals surface area contributed by atoms with Gasteiger partial charge in [0.25, 0.3) is 5.91 Å². The van der Waals surface area contributed by atoms with Crippen molar-refractivity contribution in [2.75, 3.05) is 10.6 Å². The molecule has 1 aromatic heterocycles. The van der Waals surface area contributed by atoms with Gasteiger partial charge >= 0.3 is 0 Å². The highest BCUT2D eigenvalue weighted by Crippen LogP contribution is 2.12. The molecular formula is C16H19N3O. The van der Waals surface area contributed by atoms with Gasteiger partial charge in [-0.3, -0.25) is 4.79 Å². The summed E-state index contributed by atoms with van der Waals surface area (Å²) in [5.41, 5.74) is 1.32. The molecule has 0 aliphatic carbocycles. The molecule has 20 heavy (non-hydrogen) atoms. The summed E-state index contributed by atoms with van der Waals surface area (Å²) in [5.74, 6) is 0.687. The molecule has 0 fully saturated rings. The van der Waals surface area contributed by atoms with Crippen molar-refractivity contribution in [3.05, 3.63) is 54.2 Å². The number of nitrogens with zero attached hydrogens (tertiary/aromatic N) is 1. The van der Waals surface area contributed by atoms with Crippen molar-refractivity contribution < 1.29 is 4.79 Å². The summed E-state index contributed by atoms with van der Waals surface area (Å²) in [5, 5.41) is 6.10. The zero-order chi connectivity index (χ0) is 14.4. The Balaban J connectivity index is 1.99. The lowest BCUT2D eigenvalue weighted by atomic mass is 10.2. The smallest absolute Gasteiger partial charge is 0.255 e. The highest BCUT2D eigenvalue weighted by atomic mass is 16.1. The molecule has 1 heterocycles. The van der Waals surface area contributed by atoms with E-state index in [4.69, 9.17) is 0 Å². The Hall–Kier alpha value is -2.36. The number of benzene rings is 1. The molecule has 4 nitrogen and oxygen atoms in total. The lowest BCUT2D eigenvalue weighted by molar-refractivity contribution is 0.102. The summed E-state index contributed by atoms with van der Waals surface area (Å²) in [7, 11) is 0. The number of carbonyl (C=O) groups excluding carboxylic acids is 1. The topological polar surface area (TPSA) is 54.0 Å². The van der Waals surface area contributed by atoms with Crippen LogP contribution in [0.2, 0.25) is 0 Å². The normalized spacial score (nSPS) is 11.7. The highest BCUT2D eigenvalue weighted by molar-refractivity contribution is 6.04. The molecule has 1 atom stereocenters.